The van der Waals surface area contributed by atoms with Gasteiger partial charge in [-0.05, 0) is 55.8 Å². The van der Waals surface area contributed by atoms with E-state index in [4.69, 9.17) is 4.74 Å². The Morgan fingerprint density at radius 1 is 1.00 bits per heavy atom. The van der Waals surface area contributed by atoms with Gasteiger partial charge in [0.25, 0.3) is 0 Å². The van der Waals surface area contributed by atoms with Gasteiger partial charge in [-0.25, -0.2) is 0 Å². The molecule has 3 aliphatic carbocycles. The molecule has 0 saturated heterocycles. The van der Waals surface area contributed by atoms with E-state index in [2.05, 4.69) is 0 Å². The Balaban J connectivity index is 1.85. The molecule has 0 aliphatic heterocycles. The van der Waals surface area contributed by atoms with E-state index in [1.807, 2.05) is 7.11 Å². The minimum absolute atomic E-state index is 0.630. The summed E-state index contributed by atoms with van der Waals surface area (Å²) in [4.78, 5) is 0. The lowest BCUT2D eigenvalue weighted by Crippen LogP contribution is -2.26. The average molecular weight is 166 g/mol. The highest BCUT2D eigenvalue weighted by Crippen LogP contribution is 2.59. The maximum atomic E-state index is 5.58. The first-order chi connectivity index (χ1) is 5.90. The van der Waals surface area contributed by atoms with Crippen LogP contribution in [0.3, 0.4) is 0 Å². The zero-order chi connectivity index (χ0) is 8.13. The van der Waals surface area contributed by atoms with Gasteiger partial charge in [-0.1, -0.05) is 0 Å². The fourth-order valence-corrected chi connectivity index (χ4v) is 4.29. The van der Waals surface area contributed by atoms with E-state index < -0.39 is 0 Å². The van der Waals surface area contributed by atoms with Crippen LogP contribution in [0.15, 0.2) is 0 Å². The topological polar surface area (TPSA) is 9.23 Å². The maximum Gasteiger partial charge on any atom is 0.0605 e. The van der Waals surface area contributed by atoms with Crippen molar-refractivity contribution in [2.75, 3.05) is 7.11 Å². The van der Waals surface area contributed by atoms with Crippen LogP contribution >= 0.6 is 0 Å². The Bertz CT molecular complexity index is 187. The van der Waals surface area contributed by atoms with Crippen LogP contribution < -0.4 is 0 Å². The van der Waals surface area contributed by atoms with Gasteiger partial charge in [0.15, 0.2) is 0 Å². The molecule has 3 aliphatic rings. The molecule has 3 fully saturated rings. The van der Waals surface area contributed by atoms with E-state index in [-0.39, 0.29) is 0 Å². The quantitative estimate of drug-likeness (QED) is 0.581. The lowest BCUT2D eigenvalue weighted by Gasteiger charge is -2.27. The Morgan fingerprint density at radius 2 is 1.83 bits per heavy atom. The third kappa shape index (κ3) is 0.783. The first kappa shape index (κ1) is 7.37. The van der Waals surface area contributed by atoms with Crippen molar-refractivity contribution in [1.29, 1.82) is 0 Å². The van der Waals surface area contributed by atoms with Gasteiger partial charge < -0.3 is 4.74 Å². The Labute approximate surface area is 74.5 Å². The molecule has 0 spiro atoms. The van der Waals surface area contributed by atoms with Crippen molar-refractivity contribution in [3.8, 4) is 0 Å². The van der Waals surface area contributed by atoms with E-state index in [9.17, 15) is 0 Å². The summed E-state index contributed by atoms with van der Waals surface area (Å²) in [7, 11) is 1.90. The predicted molar refractivity (Wildman–Crippen MR) is 47.8 cm³/mol. The van der Waals surface area contributed by atoms with E-state index >= 15 is 0 Å². The summed E-state index contributed by atoms with van der Waals surface area (Å²) >= 11 is 0. The Morgan fingerprint density at radius 3 is 2.67 bits per heavy atom. The smallest absolute Gasteiger partial charge is 0.0605 e. The number of rotatable bonds is 1. The van der Waals surface area contributed by atoms with Crippen molar-refractivity contribution in [3.05, 3.63) is 0 Å². The first-order valence-electron chi connectivity index (χ1n) is 5.43. The van der Waals surface area contributed by atoms with Crippen molar-refractivity contribution in [2.45, 2.75) is 38.2 Å². The normalized spacial score (nSPS) is 56.2. The molecular weight excluding hydrogens is 148 g/mol. The second-order valence-electron chi connectivity index (χ2n) is 4.93. The lowest BCUT2D eigenvalue weighted by molar-refractivity contribution is 0.0403. The standard InChI is InChI=1S/C11H18O/c1-12-10-5-4-9-7-2-3-8(6-7)11(9)10/h7-11H,2-6H2,1H3/t7-,8-,9+,10-,11+/m1/s1. The van der Waals surface area contributed by atoms with Crippen LogP contribution in [0, 0.1) is 23.7 Å². The summed E-state index contributed by atoms with van der Waals surface area (Å²) in [6.07, 6.45) is 8.01. The zero-order valence-electron chi connectivity index (χ0n) is 7.83. The lowest BCUT2D eigenvalue weighted by atomic mass is 9.81. The third-order valence-electron chi connectivity index (χ3n) is 4.67. The molecule has 0 aromatic carbocycles. The molecule has 0 aromatic rings. The summed E-state index contributed by atoms with van der Waals surface area (Å²) in [5.41, 5.74) is 0. The minimum atomic E-state index is 0.630. The molecule has 5 atom stereocenters. The molecular formula is C11H18O. The fourth-order valence-electron chi connectivity index (χ4n) is 4.29. The van der Waals surface area contributed by atoms with Crippen molar-refractivity contribution >= 4 is 0 Å². The van der Waals surface area contributed by atoms with E-state index in [0.29, 0.717) is 6.10 Å². The summed E-state index contributed by atoms with van der Waals surface area (Å²) < 4.78 is 5.58. The van der Waals surface area contributed by atoms with Gasteiger partial charge in [0.05, 0.1) is 6.10 Å². The fraction of sp³-hybridized carbons (Fsp3) is 1.00. The zero-order valence-corrected chi connectivity index (χ0v) is 7.83. The number of hydrogen-bond acceptors (Lipinski definition) is 1. The van der Waals surface area contributed by atoms with Crippen LogP contribution in [0.2, 0.25) is 0 Å². The molecule has 3 rings (SSSR count). The number of fused-ring (bicyclic) bond motifs is 5. The van der Waals surface area contributed by atoms with Gasteiger partial charge >= 0.3 is 0 Å². The Kier molecular flexibility index (Phi) is 1.52. The third-order valence-corrected chi connectivity index (χ3v) is 4.67. The summed E-state index contributed by atoms with van der Waals surface area (Å²) in [5.74, 6) is 4.18. The molecule has 0 heterocycles. The molecule has 68 valence electrons. The van der Waals surface area contributed by atoms with Gasteiger partial charge in [0, 0.05) is 7.11 Å². The average Bonchev–Trinajstić information content (AvgIpc) is 2.76. The van der Waals surface area contributed by atoms with E-state index in [1.165, 1.54) is 32.1 Å². The second kappa shape index (κ2) is 2.47. The largest absolute Gasteiger partial charge is 0.381 e. The number of ether oxygens (including phenoxy) is 1. The molecule has 0 radical (unpaired) electrons. The van der Waals surface area contributed by atoms with Gasteiger partial charge in [-0.2, -0.15) is 0 Å². The molecule has 0 N–H and O–H groups in total. The van der Waals surface area contributed by atoms with Crippen LogP contribution in [-0.2, 0) is 4.74 Å². The van der Waals surface area contributed by atoms with Crippen LogP contribution in [0.5, 0.6) is 0 Å². The molecule has 1 heteroatoms. The monoisotopic (exact) mass is 166 g/mol. The SMILES string of the molecule is CO[C@@H]1CC[C@H]2[C@@H]3CC[C@H](C3)[C@@H]21. The molecule has 2 bridgehead atoms. The summed E-state index contributed by atoms with van der Waals surface area (Å²) in [6, 6.07) is 0. The van der Waals surface area contributed by atoms with Crippen LogP contribution in [-0.4, -0.2) is 13.2 Å². The predicted octanol–water partition coefficient (Wildman–Crippen LogP) is 2.46. The van der Waals surface area contributed by atoms with Gasteiger partial charge in [0.2, 0.25) is 0 Å². The van der Waals surface area contributed by atoms with Crippen LogP contribution in [0.4, 0.5) is 0 Å². The second-order valence-corrected chi connectivity index (χ2v) is 4.93. The Hall–Kier alpha value is -0.0400. The van der Waals surface area contributed by atoms with Crippen molar-refractivity contribution in [2.24, 2.45) is 23.7 Å². The molecule has 12 heavy (non-hydrogen) atoms. The van der Waals surface area contributed by atoms with Crippen molar-refractivity contribution in [1.82, 2.24) is 0 Å². The molecule has 3 saturated carbocycles. The molecule has 1 nitrogen and oxygen atoms in total. The van der Waals surface area contributed by atoms with Crippen LogP contribution in [0.1, 0.15) is 32.1 Å². The molecule has 0 amide bonds. The molecule has 0 aromatic heterocycles. The van der Waals surface area contributed by atoms with Gasteiger partial charge in [0.1, 0.15) is 0 Å². The number of hydrogen-bond donors (Lipinski definition) is 0. The van der Waals surface area contributed by atoms with Gasteiger partial charge in [-0.3, -0.25) is 0 Å². The summed E-state index contributed by atoms with van der Waals surface area (Å²) in [5, 5.41) is 0. The highest BCUT2D eigenvalue weighted by atomic mass is 16.5. The van der Waals surface area contributed by atoms with E-state index in [0.717, 1.165) is 23.7 Å². The minimum Gasteiger partial charge on any atom is -0.381 e. The van der Waals surface area contributed by atoms with Crippen molar-refractivity contribution < 1.29 is 4.74 Å². The maximum absolute atomic E-state index is 5.58. The highest BCUT2D eigenvalue weighted by Gasteiger charge is 2.53. The number of methoxy groups -OCH3 is 1. The van der Waals surface area contributed by atoms with E-state index in [1.54, 1.807) is 0 Å². The van der Waals surface area contributed by atoms with Gasteiger partial charge in [-0.15, -0.1) is 0 Å². The first-order valence-corrected chi connectivity index (χ1v) is 5.43. The molecule has 0 unspecified atom stereocenters. The van der Waals surface area contributed by atoms with Crippen molar-refractivity contribution in [3.63, 3.8) is 0 Å². The summed E-state index contributed by atoms with van der Waals surface area (Å²) in [6.45, 7) is 0. The van der Waals surface area contributed by atoms with Crippen LogP contribution in [0.25, 0.3) is 0 Å². The highest BCUT2D eigenvalue weighted by molar-refractivity contribution is 5.02.